The van der Waals surface area contributed by atoms with E-state index in [0.717, 1.165) is 29.4 Å². The highest BCUT2D eigenvalue weighted by Crippen LogP contribution is 2.50. The number of benzene rings is 3. The molecule has 0 amide bonds. The van der Waals surface area contributed by atoms with Crippen molar-refractivity contribution in [1.29, 1.82) is 0 Å². The average Bonchev–Trinajstić information content (AvgIpc) is 3.31. The summed E-state index contributed by atoms with van der Waals surface area (Å²) < 4.78 is 5.27. The molecule has 0 fully saturated rings. The molecule has 1 atom stereocenters. The molecular weight excluding hydrogens is 366 g/mol. The Morgan fingerprint density at radius 3 is 2.54 bits per heavy atom. The van der Waals surface area contributed by atoms with E-state index in [-0.39, 0.29) is 4.87 Å². The van der Waals surface area contributed by atoms with E-state index < -0.39 is 0 Å². The van der Waals surface area contributed by atoms with Crippen molar-refractivity contribution in [2.45, 2.75) is 11.4 Å². The maximum absolute atomic E-state index is 5.27. The van der Waals surface area contributed by atoms with Gasteiger partial charge in [0.15, 0.2) is 4.87 Å². The van der Waals surface area contributed by atoms with E-state index in [1.807, 2.05) is 12.1 Å². The van der Waals surface area contributed by atoms with Crippen LogP contribution in [0.1, 0.15) is 16.7 Å². The van der Waals surface area contributed by atoms with E-state index in [1.54, 1.807) is 18.9 Å². The van der Waals surface area contributed by atoms with E-state index in [2.05, 4.69) is 77.1 Å². The number of methoxy groups -OCH3 is 1. The van der Waals surface area contributed by atoms with E-state index in [4.69, 9.17) is 9.84 Å². The van der Waals surface area contributed by atoms with Crippen LogP contribution in [0.15, 0.2) is 84.0 Å². The molecule has 0 saturated carbocycles. The third-order valence-electron chi connectivity index (χ3n) is 5.26. The second kappa shape index (κ2) is 6.91. The minimum atomic E-state index is -0.249. The predicted octanol–water partition coefficient (Wildman–Crippen LogP) is 4.57. The van der Waals surface area contributed by atoms with Crippen molar-refractivity contribution in [3.63, 3.8) is 0 Å². The molecule has 5 rings (SSSR count). The first-order valence-corrected chi connectivity index (χ1v) is 10.2. The fourth-order valence-electron chi connectivity index (χ4n) is 3.87. The summed E-state index contributed by atoms with van der Waals surface area (Å²) in [4.78, 5) is 2.19. The van der Waals surface area contributed by atoms with Crippen molar-refractivity contribution in [3.05, 3.63) is 95.6 Å². The van der Waals surface area contributed by atoms with Crippen LogP contribution in [0.2, 0.25) is 0 Å². The molecule has 0 aromatic heterocycles. The number of ether oxygens (including phenoxy) is 1. The first kappa shape index (κ1) is 17.2. The molecule has 2 heterocycles. The molecule has 140 valence electrons. The van der Waals surface area contributed by atoms with Gasteiger partial charge >= 0.3 is 0 Å². The summed E-state index contributed by atoms with van der Waals surface area (Å²) in [6.45, 7) is 1.76. The molecule has 3 aromatic carbocycles. The van der Waals surface area contributed by atoms with E-state index >= 15 is 0 Å². The second-order valence-corrected chi connectivity index (χ2v) is 8.33. The molecule has 1 spiro atoms. The molecule has 3 aromatic rings. The lowest BCUT2D eigenvalue weighted by atomic mass is 10.1. The summed E-state index contributed by atoms with van der Waals surface area (Å²) in [7, 11) is 1.68. The normalized spacial score (nSPS) is 20.0. The summed E-state index contributed by atoms with van der Waals surface area (Å²) in [5, 5.41) is 5.71. The van der Waals surface area contributed by atoms with Crippen LogP contribution in [0, 0.1) is 0 Å². The SMILES string of the molecule is COc1ccc(C2=NNC3(CN(Cc4ccccc4)c4ccccc43)S2)cc1. The van der Waals surface area contributed by atoms with Crippen molar-refractivity contribution >= 4 is 22.5 Å². The Hall–Kier alpha value is -2.92. The Morgan fingerprint density at radius 2 is 1.75 bits per heavy atom. The minimum absolute atomic E-state index is 0.249. The second-order valence-electron chi connectivity index (χ2n) is 7.05. The smallest absolute Gasteiger partial charge is 0.150 e. The number of nitrogens with one attached hydrogen (secondary N) is 1. The number of nitrogens with zero attached hydrogens (tertiary/aromatic N) is 2. The number of hydrogen-bond acceptors (Lipinski definition) is 5. The fraction of sp³-hybridized carbons (Fsp3) is 0.174. The van der Waals surface area contributed by atoms with Gasteiger partial charge in [-0.15, -0.1) is 0 Å². The number of hydrogen-bond donors (Lipinski definition) is 1. The molecule has 0 aliphatic carbocycles. The summed E-state index contributed by atoms with van der Waals surface area (Å²) >= 11 is 1.80. The van der Waals surface area contributed by atoms with Crippen LogP contribution in [0.4, 0.5) is 5.69 Å². The molecule has 28 heavy (non-hydrogen) atoms. The lowest BCUT2D eigenvalue weighted by Gasteiger charge is -2.25. The molecule has 2 aliphatic heterocycles. The topological polar surface area (TPSA) is 36.9 Å². The Labute approximate surface area is 169 Å². The van der Waals surface area contributed by atoms with Crippen LogP contribution < -0.4 is 15.1 Å². The van der Waals surface area contributed by atoms with Gasteiger partial charge in [-0.3, -0.25) is 5.43 Å². The number of thioether (sulfide) groups is 1. The molecular formula is C23H21N3OS. The Bertz CT molecular complexity index is 1020. The van der Waals surface area contributed by atoms with Gasteiger partial charge < -0.3 is 9.64 Å². The van der Waals surface area contributed by atoms with Gasteiger partial charge in [0.05, 0.1) is 13.7 Å². The number of para-hydroxylation sites is 1. The van der Waals surface area contributed by atoms with Gasteiger partial charge in [0, 0.05) is 23.4 Å². The van der Waals surface area contributed by atoms with Gasteiger partial charge in [0.1, 0.15) is 10.8 Å². The van der Waals surface area contributed by atoms with Gasteiger partial charge in [-0.2, -0.15) is 5.10 Å². The third-order valence-corrected chi connectivity index (χ3v) is 6.56. The fourth-order valence-corrected chi connectivity index (χ4v) is 5.14. The number of anilines is 1. The van der Waals surface area contributed by atoms with Crippen LogP contribution in [-0.2, 0) is 11.4 Å². The Kier molecular flexibility index (Phi) is 4.24. The van der Waals surface area contributed by atoms with E-state index in [9.17, 15) is 0 Å². The van der Waals surface area contributed by atoms with E-state index in [0.29, 0.717) is 0 Å². The van der Waals surface area contributed by atoms with Crippen molar-refractivity contribution < 1.29 is 4.74 Å². The zero-order chi connectivity index (χ0) is 19.0. The zero-order valence-electron chi connectivity index (χ0n) is 15.6. The number of rotatable bonds is 4. The summed E-state index contributed by atoms with van der Waals surface area (Å²) in [6, 6.07) is 27.4. The first-order chi connectivity index (χ1) is 13.8. The number of hydrazone groups is 1. The largest absolute Gasteiger partial charge is 0.497 e. The minimum Gasteiger partial charge on any atom is -0.497 e. The van der Waals surface area contributed by atoms with Gasteiger partial charge in [-0.05, 0) is 35.9 Å². The van der Waals surface area contributed by atoms with Gasteiger partial charge in [-0.1, -0.05) is 60.3 Å². The van der Waals surface area contributed by atoms with Crippen LogP contribution in [0.3, 0.4) is 0 Å². The monoisotopic (exact) mass is 387 g/mol. The molecule has 1 unspecified atom stereocenters. The molecule has 0 radical (unpaired) electrons. The first-order valence-electron chi connectivity index (χ1n) is 9.34. The lowest BCUT2D eigenvalue weighted by molar-refractivity contribution is 0.415. The highest BCUT2D eigenvalue weighted by molar-refractivity contribution is 8.15. The summed E-state index contributed by atoms with van der Waals surface area (Å²) in [6.07, 6.45) is 0. The molecule has 5 heteroatoms. The third kappa shape index (κ3) is 2.92. The van der Waals surface area contributed by atoms with Crippen molar-refractivity contribution in [2.75, 3.05) is 18.6 Å². The highest BCUT2D eigenvalue weighted by Gasteiger charge is 2.47. The molecule has 1 N–H and O–H groups in total. The Morgan fingerprint density at radius 1 is 1.00 bits per heavy atom. The molecule has 2 aliphatic rings. The Balaban J connectivity index is 1.43. The lowest BCUT2D eigenvalue weighted by Crippen LogP contribution is -2.38. The van der Waals surface area contributed by atoms with Gasteiger partial charge in [0.25, 0.3) is 0 Å². The van der Waals surface area contributed by atoms with Crippen LogP contribution in [-0.4, -0.2) is 18.7 Å². The van der Waals surface area contributed by atoms with Gasteiger partial charge in [-0.25, -0.2) is 0 Å². The van der Waals surface area contributed by atoms with Gasteiger partial charge in [0.2, 0.25) is 0 Å². The van der Waals surface area contributed by atoms with Crippen LogP contribution in [0.5, 0.6) is 5.75 Å². The van der Waals surface area contributed by atoms with Crippen LogP contribution >= 0.6 is 11.8 Å². The molecule has 0 bridgehead atoms. The average molecular weight is 388 g/mol. The van der Waals surface area contributed by atoms with E-state index in [1.165, 1.54) is 16.8 Å². The zero-order valence-corrected chi connectivity index (χ0v) is 16.4. The summed E-state index contributed by atoms with van der Waals surface area (Å²) in [5.41, 5.74) is 8.45. The summed E-state index contributed by atoms with van der Waals surface area (Å²) in [5.74, 6) is 0.857. The molecule has 0 saturated heterocycles. The highest BCUT2D eigenvalue weighted by atomic mass is 32.2. The van der Waals surface area contributed by atoms with Crippen molar-refractivity contribution in [3.8, 4) is 5.75 Å². The maximum Gasteiger partial charge on any atom is 0.150 e. The maximum atomic E-state index is 5.27. The predicted molar refractivity (Wildman–Crippen MR) is 116 cm³/mol. The quantitative estimate of drug-likeness (QED) is 0.712. The standard InChI is InChI=1S/C23H21N3OS/c1-27-19-13-11-18(12-14-19)22-24-25-23(28-22)16-26(15-17-7-3-2-4-8-17)21-10-6-5-9-20(21)23/h2-14,25H,15-16H2,1H3. The van der Waals surface area contributed by atoms with Crippen LogP contribution in [0.25, 0.3) is 0 Å². The van der Waals surface area contributed by atoms with Crippen molar-refractivity contribution in [1.82, 2.24) is 5.43 Å². The van der Waals surface area contributed by atoms with Crippen molar-refractivity contribution in [2.24, 2.45) is 5.10 Å². The molecule has 4 nitrogen and oxygen atoms in total. The number of fused-ring (bicyclic) bond motifs is 2.